The molecule has 0 fully saturated rings. The minimum absolute atomic E-state index is 0.112. The Morgan fingerprint density at radius 3 is 2.47 bits per heavy atom. The summed E-state index contributed by atoms with van der Waals surface area (Å²) >= 11 is 1.54. The van der Waals surface area contributed by atoms with E-state index in [0.717, 1.165) is 33.4 Å². The molecule has 0 aliphatic carbocycles. The highest BCUT2D eigenvalue weighted by molar-refractivity contribution is 7.98. The lowest BCUT2D eigenvalue weighted by atomic mass is 10.1. The molecule has 0 spiro atoms. The minimum atomic E-state index is -0.112. The molecule has 0 aliphatic heterocycles. The summed E-state index contributed by atoms with van der Waals surface area (Å²) in [5, 5.41) is 12.7. The topological polar surface area (TPSA) is 85.6 Å². The van der Waals surface area contributed by atoms with Crippen LogP contribution < -0.4 is 5.32 Å². The van der Waals surface area contributed by atoms with Gasteiger partial charge in [-0.3, -0.25) is 19.3 Å². The van der Waals surface area contributed by atoms with Crippen LogP contribution in [0.25, 0.3) is 17.1 Å². The molecule has 1 N–H and O–H groups in total. The van der Waals surface area contributed by atoms with Crippen molar-refractivity contribution in [3.63, 3.8) is 0 Å². The van der Waals surface area contributed by atoms with E-state index in [0.29, 0.717) is 17.9 Å². The Bertz CT molecular complexity index is 1450. The third-order valence-electron chi connectivity index (χ3n) is 5.67. The van der Waals surface area contributed by atoms with E-state index in [1.54, 1.807) is 36.5 Å². The number of thioether (sulfide) groups is 1. The van der Waals surface area contributed by atoms with Gasteiger partial charge in [-0.1, -0.05) is 47.7 Å². The molecule has 0 saturated heterocycles. The number of carbonyl (C=O) groups is 1. The van der Waals surface area contributed by atoms with Crippen molar-refractivity contribution in [3.05, 3.63) is 120 Å². The SMILES string of the molecule is Cc1ccc(-n2c(SCc3ccccc3C(=O)NCc3ccncc3)nnc2-c2cccnc2)cc1. The minimum Gasteiger partial charge on any atom is -0.348 e. The van der Waals surface area contributed by atoms with E-state index in [1.807, 2.05) is 53.1 Å². The number of rotatable bonds is 8. The zero-order chi connectivity index (χ0) is 24.7. The fraction of sp³-hybridized carbons (Fsp3) is 0.107. The Morgan fingerprint density at radius 1 is 0.889 bits per heavy atom. The second-order valence-corrected chi connectivity index (χ2v) is 9.15. The van der Waals surface area contributed by atoms with Gasteiger partial charge in [0.1, 0.15) is 0 Å². The molecule has 0 saturated carbocycles. The Morgan fingerprint density at radius 2 is 1.69 bits per heavy atom. The van der Waals surface area contributed by atoms with E-state index in [2.05, 4.69) is 56.7 Å². The van der Waals surface area contributed by atoms with Gasteiger partial charge < -0.3 is 5.32 Å². The first-order valence-corrected chi connectivity index (χ1v) is 12.5. The number of aryl methyl sites for hydroxylation is 1. The third kappa shape index (κ3) is 5.34. The maximum Gasteiger partial charge on any atom is 0.251 e. The number of carbonyl (C=O) groups excluding carboxylic acids is 1. The Hall–Kier alpha value is -4.30. The van der Waals surface area contributed by atoms with Crippen molar-refractivity contribution < 1.29 is 4.79 Å². The Balaban J connectivity index is 1.40. The van der Waals surface area contributed by atoms with Crippen LogP contribution in [0.15, 0.2) is 103 Å². The molecule has 178 valence electrons. The number of amides is 1. The number of nitrogens with zero attached hydrogens (tertiary/aromatic N) is 5. The Kier molecular flexibility index (Phi) is 7.14. The van der Waals surface area contributed by atoms with Crippen LogP contribution in [0, 0.1) is 6.92 Å². The van der Waals surface area contributed by atoms with Gasteiger partial charge in [0.25, 0.3) is 5.91 Å². The van der Waals surface area contributed by atoms with Gasteiger partial charge in [0.15, 0.2) is 11.0 Å². The van der Waals surface area contributed by atoms with Crippen LogP contribution in [-0.2, 0) is 12.3 Å². The smallest absolute Gasteiger partial charge is 0.251 e. The van der Waals surface area contributed by atoms with Gasteiger partial charge in [-0.2, -0.15) is 0 Å². The number of nitrogens with one attached hydrogen (secondary N) is 1. The summed E-state index contributed by atoms with van der Waals surface area (Å²) in [6.45, 7) is 2.50. The van der Waals surface area contributed by atoms with Gasteiger partial charge in [0.2, 0.25) is 0 Å². The van der Waals surface area contributed by atoms with Gasteiger partial charge in [-0.05, 0) is 60.5 Å². The molecule has 0 bridgehead atoms. The molecule has 0 aliphatic rings. The molecule has 0 atom stereocenters. The van der Waals surface area contributed by atoms with Crippen molar-refractivity contribution >= 4 is 17.7 Å². The first-order chi connectivity index (χ1) is 17.7. The fourth-order valence-electron chi connectivity index (χ4n) is 3.76. The molecular weight excluding hydrogens is 468 g/mol. The maximum absolute atomic E-state index is 13.0. The van der Waals surface area contributed by atoms with Gasteiger partial charge in [-0.15, -0.1) is 10.2 Å². The first kappa shape index (κ1) is 23.4. The largest absolute Gasteiger partial charge is 0.348 e. The molecule has 5 aromatic rings. The lowest BCUT2D eigenvalue weighted by Crippen LogP contribution is -2.23. The van der Waals surface area contributed by atoms with Gasteiger partial charge >= 0.3 is 0 Å². The highest BCUT2D eigenvalue weighted by Gasteiger charge is 2.18. The van der Waals surface area contributed by atoms with E-state index in [4.69, 9.17) is 0 Å². The van der Waals surface area contributed by atoms with Crippen molar-refractivity contribution in [2.45, 2.75) is 24.4 Å². The average molecular weight is 493 g/mol. The van der Waals surface area contributed by atoms with Crippen LogP contribution in [-0.4, -0.2) is 30.6 Å². The maximum atomic E-state index is 13.0. The monoisotopic (exact) mass is 492 g/mol. The lowest BCUT2D eigenvalue weighted by molar-refractivity contribution is 0.0950. The molecule has 3 heterocycles. The second-order valence-electron chi connectivity index (χ2n) is 8.20. The fourth-order valence-corrected chi connectivity index (χ4v) is 4.72. The van der Waals surface area contributed by atoms with Crippen LogP contribution >= 0.6 is 11.8 Å². The molecule has 1 amide bonds. The number of aromatic nitrogens is 5. The predicted molar refractivity (Wildman–Crippen MR) is 141 cm³/mol. The van der Waals surface area contributed by atoms with Crippen molar-refractivity contribution in [1.29, 1.82) is 0 Å². The zero-order valence-corrected chi connectivity index (χ0v) is 20.5. The summed E-state index contributed by atoms with van der Waals surface area (Å²) in [5.41, 5.74) is 5.60. The lowest BCUT2D eigenvalue weighted by Gasteiger charge is -2.12. The third-order valence-corrected chi connectivity index (χ3v) is 6.64. The number of hydrogen-bond acceptors (Lipinski definition) is 6. The van der Waals surface area contributed by atoms with E-state index in [-0.39, 0.29) is 5.91 Å². The summed E-state index contributed by atoms with van der Waals surface area (Å²) in [5.74, 6) is 1.17. The van der Waals surface area contributed by atoms with Crippen molar-refractivity contribution in [1.82, 2.24) is 30.0 Å². The highest BCUT2D eigenvalue weighted by atomic mass is 32.2. The molecule has 2 aromatic carbocycles. The summed E-state index contributed by atoms with van der Waals surface area (Å²) in [7, 11) is 0. The summed E-state index contributed by atoms with van der Waals surface area (Å²) in [6, 6.07) is 23.5. The van der Waals surface area contributed by atoms with Gasteiger partial charge in [-0.25, -0.2) is 0 Å². The standard InChI is InChI=1S/C28H24N6OS/c1-20-8-10-24(11-9-20)34-26(22-6-4-14-30-18-22)32-33-28(34)36-19-23-5-2-3-7-25(23)27(35)31-17-21-12-15-29-16-13-21/h2-16,18H,17,19H2,1H3,(H,31,35). The first-order valence-electron chi connectivity index (χ1n) is 11.5. The Labute approximate surface area is 213 Å². The van der Waals surface area contributed by atoms with Crippen LogP contribution in [0.2, 0.25) is 0 Å². The molecule has 0 radical (unpaired) electrons. The highest BCUT2D eigenvalue weighted by Crippen LogP contribution is 2.30. The average Bonchev–Trinajstić information content (AvgIpc) is 3.36. The quantitative estimate of drug-likeness (QED) is 0.298. The normalized spacial score (nSPS) is 10.8. The molecule has 36 heavy (non-hydrogen) atoms. The van der Waals surface area contributed by atoms with E-state index < -0.39 is 0 Å². The second kappa shape index (κ2) is 11.0. The van der Waals surface area contributed by atoms with Gasteiger partial charge in [0.05, 0.1) is 0 Å². The molecule has 3 aromatic heterocycles. The van der Waals surface area contributed by atoms with E-state index >= 15 is 0 Å². The number of hydrogen-bond donors (Lipinski definition) is 1. The number of pyridine rings is 2. The zero-order valence-electron chi connectivity index (χ0n) is 19.7. The van der Waals surface area contributed by atoms with E-state index in [1.165, 1.54) is 5.56 Å². The predicted octanol–water partition coefficient (Wildman–Crippen LogP) is 5.26. The van der Waals surface area contributed by atoms with Crippen LogP contribution in [0.4, 0.5) is 0 Å². The summed E-state index contributed by atoms with van der Waals surface area (Å²) in [6.07, 6.45) is 6.96. The van der Waals surface area contributed by atoms with Crippen LogP contribution in [0.3, 0.4) is 0 Å². The van der Waals surface area contributed by atoms with Crippen molar-refractivity contribution in [2.75, 3.05) is 0 Å². The molecular formula is C28H24N6OS. The van der Waals surface area contributed by atoms with Crippen LogP contribution in [0.1, 0.15) is 27.0 Å². The van der Waals surface area contributed by atoms with Crippen molar-refractivity contribution in [3.8, 4) is 17.1 Å². The summed E-state index contributed by atoms with van der Waals surface area (Å²) in [4.78, 5) is 21.3. The van der Waals surface area contributed by atoms with Crippen LogP contribution in [0.5, 0.6) is 0 Å². The molecule has 5 rings (SSSR count). The van der Waals surface area contributed by atoms with E-state index in [9.17, 15) is 4.79 Å². The van der Waals surface area contributed by atoms with Gasteiger partial charge in [0, 0.05) is 53.9 Å². The molecule has 7 nitrogen and oxygen atoms in total. The molecule has 0 unspecified atom stereocenters. The molecule has 8 heteroatoms. The van der Waals surface area contributed by atoms with Crippen molar-refractivity contribution in [2.24, 2.45) is 0 Å². The summed E-state index contributed by atoms with van der Waals surface area (Å²) < 4.78 is 2.03. The number of benzene rings is 2.